The third kappa shape index (κ3) is 3.88. The molecule has 1 aliphatic rings. The maximum atomic E-state index is 12.1. The number of hydrogen-bond donors (Lipinski definition) is 0. The summed E-state index contributed by atoms with van der Waals surface area (Å²) in [6.45, 7) is 6.21. The van der Waals surface area contributed by atoms with E-state index in [1.54, 1.807) is 26.2 Å². The number of rotatable bonds is 6. The van der Waals surface area contributed by atoms with Crippen molar-refractivity contribution in [3.8, 4) is 11.5 Å². The van der Waals surface area contributed by atoms with Crippen LogP contribution in [0.5, 0.6) is 11.5 Å². The highest BCUT2D eigenvalue weighted by atomic mass is 32.2. The van der Waals surface area contributed by atoms with Crippen LogP contribution in [-0.4, -0.2) is 35.8 Å². The van der Waals surface area contributed by atoms with Gasteiger partial charge in [0, 0.05) is 6.54 Å². The van der Waals surface area contributed by atoms with Gasteiger partial charge >= 0.3 is 0 Å². The van der Waals surface area contributed by atoms with E-state index < -0.39 is 0 Å². The van der Waals surface area contributed by atoms with Crippen molar-refractivity contribution in [2.75, 3.05) is 13.7 Å². The van der Waals surface area contributed by atoms with Crippen LogP contribution < -0.4 is 9.47 Å². The summed E-state index contributed by atoms with van der Waals surface area (Å²) in [5.41, 5.74) is 0.792. The van der Waals surface area contributed by atoms with Crippen LogP contribution in [0.1, 0.15) is 32.8 Å². The fraction of sp³-hybridized carbons (Fsp3) is 0.412. The third-order valence-electron chi connectivity index (χ3n) is 3.58. The monoisotopic (exact) mass is 335 g/mol. The number of carbonyl (C=O) groups is 2. The van der Waals surface area contributed by atoms with Gasteiger partial charge in [0.2, 0.25) is 0 Å². The first-order chi connectivity index (χ1) is 11.0. The molecule has 1 saturated heterocycles. The summed E-state index contributed by atoms with van der Waals surface area (Å²) in [5, 5.41) is -0.229. The molecule has 0 unspecified atom stereocenters. The van der Waals surface area contributed by atoms with Crippen molar-refractivity contribution >= 4 is 29.0 Å². The Hall–Kier alpha value is -1.95. The van der Waals surface area contributed by atoms with Crippen molar-refractivity contribution in [2.45, 2.75) is 33.3 Å². The highest BCUT2D eigenvalue weighted by molar-refractivity contribution is 8.18. The number of nitrogens with zero attached hydrogens (tertiary/aromatic N) is 1. The predicted molar refractivity (Wildman–Crippen MR) is 91.7 cm³/mol. The number of amides is 2. The molecule has 124 valence electrons. The molecule has 5 nitrogen and oxygen atoms in total. The summed E-state index contributed by atoms with van der Waals surface area (Å²) in [5.74, 6) is 1.02. The van der Waals surface area contributed by atoms with E-state index in [1.807, 2.05) is 19.1 Å². The first kappa shape index (κ1) is 17.4. The molecule has 0 bridgehead atoms. The highest BCUT2D eigenvalue weighted by Crippen LogP contribution is 2.34. The topological polar surface area (TPSA) is 55.8 Å². The molecule has 0 saturated carbocycles. The van der Waals surface area contributed by atoms with Gasteiger partial charge in [-0.25, -0.2) is 0 Å². The van der Waals surface area contributed by atoms with Crippen LogP contribution in [0.25, 0.3) is 6.08 Å². The van der Waals surface area contributed by atoms with E-state index in [0.29, 0.717) is 22.9 Å². The Morgan fingerprint density at radius 1 is 1.26 bits per heavy atom. The number of imide groups is 1. The Morgan fingerprint density at radius 2 is 2.00 bits per heavy atom. The normalized spacial score (nSPS) is 17.7. The molecular weight excluding hydrogens is 314 g/mol. The molecule has 2 amide bonds. The molecule has 1 heterocycles. The maximum Gasteiger partial charge on any atom is 0.293 e. The van der Waals surface area contributed by atoms with Crippen molar-refractivity contribution < 1.29 is 19.1 Å². The summed E-state index contributed by atoms with van der Waals surface area (Å²) in [4.78, 5) is 25.5. The number of hydrogen-bond acceptors (Lipinski definition) is 5. The SMILES string of the molecule is CC[C@H](C)Oc1ccc(/C=C2/SC(=O)N(CC)C2=O)cc1OC. The van der Waals surface area contributed by atoms with E-state index in [-0.39, 0.29) is 17.3 Å². The zero-order chi connectivity index (χ0) is 17.0. The van der Waals surface area contributed by atoms with Crippen molar-refractivity contribution in [2.24, 2.45) is 0 Å². The Kier molecular flexibility index (Phi) is 5.71. The van der Waals surface area contributed by atoms with Gasteiger partial charge in [0.1, 0.15) is 0 Å². The number of benzene rings is 1. The summed E-state index contributed by atoms with van der Waals surface area (Å²) >= 11 is 0.960. The standard InChI is InChI=1S/C17H21NO4S/c1-5-11(3)22-13-8-7-12(9-14(13)21-4)10-15-16(19)18(6-2)17(20)23-15/h7-11H,5-6H2,1-4H3/b15-10+/t11-/m0/s1. The van der Waals surface area contributed by atoms with Crippen LogP contribution in [-0.2, 0) is 4.79 Å². The van der Waals surface area contributed by atoms with Gasteiger partial charge in [-0.2, -0.15) is 0 Å². The minimum atomic E-state index is -0.249. The third-order valence-corrected chi connectivity index (χ3v) is 4.49. The minimum Gasteiger partial charge on any atom is -0.493 e. The molecule has 1 aromatic carbocycles. The fourth-order valence-electron chi connectivity index (χ4n) is 2.10. The molecule has 2 rings (SSSR count). The number of thioether (sulfide) groups is 1. The van der Waals surface area contributed by atoms with Gasteiger partial charge in [-0.3, -0.25) is 14.5 Å². The van der Waals surface area contributed by atoms with Gasteiger partial charge in [-0.1, -0.05) is 13.0 Å². The molecule has 1 aliphatic heterocycles. The van der Waals surface area contributed by atoms with E-state index in [0.717, 1.165) is 23.7 Å². The van der Waals surface area contributed by atoms with Gasteiger partial charge in [-0.05, 0) is 55.8 Å². The summed E-state index contributed by atoms with van der Waals surface area (Å²) in [7, 11) is 1.58. The van der Waals surface area contributed by atoms with Crippen LogP contribution in [0.2, 0.25) is 0 Å². The van der Waals surface area contributed by atoms with Crippen molar-refractivity contribution in [3.63, 3.8) is 0 Å². The predicted octanol–water partition coefficient (Wildman–Crippen LogP) is 3.93. The quantitative estimate of drug-likeness (QED) is 0.737. The van der Waals surface area contributed by atoms with Crippen molar-refractivity contribution in [3.05, 3.63) is 28.7 Å². The molecule has 23 heavy (non-hydrogen) atoms. The lowest BCUT2D eigenvalue weighted by Gasteiger charge is -2.15. The van der Waals surface area contributed by atoms with Crippen LogP contribution in [0.4, 0.5) is 4.79 Å². The molecule has 6 heteroatoms. The number of ether oxygens (including phenoxy) is 2. The van der Waals surface area contributed by atoms with Crippen LogP contribution >= 0.6 is 11.8 Å². The van der Waals surface area contributed by atoms with Gasteiger partial charge in [0.05, 0.1) is 18.1 Å². The van der Waals surface area contributed by atoms with E-state index >= 15 is 0 Å². The average Bonchev–Trinajstić information content (AvgIpc) is 2.81. The lowest BCUT2D eigenvalue weighted by Crippen LogP contribution is -2.27. The Balaban J connectivity index is 2.26. The summed E-state index contributed by atoms with van der Waals surface area (Å²) in [6.07, 6.45) is 2.70. The van der Waals surface area contributed by atoms with Crippen LogP contribution in [0.15, 0.2) is 23.1 Å². The maximum absolute atomic E-state index is 12.1. The largest absolute Gasteiger partial charge is 0.493 e. The average molecular weight is 335 g/mol. The molecule has 1 aromatic rings. The summed E-state index contributed by atoms with van der Waals surface area (Å²) in [6, 6.07) is 5.47. The fourth-order valence-corrected chi connectivity index (χ4v) is 3.00. The van der Waals surface area contributed by atoms with Crippen LogP contribution in [0.3, 0.4) is 0 Å². The molecule has 1 atom stereocenters. The second kappa shape index (κ2) is 7.55. The number of methoxy groups -OCH3 is 1. The van der Waals surface area contributed by atoms with E-state index in [9.17, 15) is 9.59 Å². The lowest BCUT2D eigenvalue weighted by molar-refractivity contribution is -0.122. The second-order valence-corrected chi connectivity index (χ2v) is 6.17. The van der Waals surface area contributed by atoms with Gasteiger partial charge < -0.3 is 9.47 Å². The molecule has 0 N–H and O–H groups in total. The molecule has 0 spiro atoms. The molecule has 0 radical (unpaired) electrons. The number of carbonyl (C=O) groups excluding carboxylic acids is 2. The van der Waals surface area contributed by atoms with Crippen LogP contribution in [0, 0.1) is 0 Å². The highest BCUT2D eigenvalue weighted by Gasteiger charge is 2.33. The lowest BCUT2D eigenvalue weighted by atomic mass is 10.1. The number of likely N-dealkylation sites (N-methyl/N-ethyl adjacent to an activating group) is 1. The molecular formula is C17H21NO4S. The first-order valence-corrected chi connectivity index (χ1v) is 8.41. The Labute approximate surface area is 140 Å². The van der Waals surface area contributed by atoms with E-state index in [4.69, 9.17) is 9.47 Å². The van der Waals surface area contributed by atoms with Gasteiger partial charge in [-0.15, -0.1) is 0 Å². The van der Waals surface area contributed by atoms with Crippen molar-refractivity contribution in [1.29, 1.82) is 0 Å². The Bertz CT molecular complexity index is 641. The van der Waals surface area contributed by atoms with Crippen molar-refractivity contribution in [1.82, 2.24) is 4.90 Å². The van der Waals surface area contributed by atoms with Gasteiger partial charge in [0.15, 0.2) is 11.5 Å². The Morgan fingerprint density at radius 3 is 2.57 bits per heavy atom. The smallest absolute Gasteiger partial charge is 0.293 e. The van der Waals surface area contributed by atoms with E-state index in [2.05, 4.69) is 6.92 Å². The zero-order valence-corrected chi connectivity index (χ0v) is 14.6. The second-order valence-electron chi connectivity index (χ2n) is 5.17. The minimum absolute atomic E-state index is 0.0933. The molecule has 1 fully saturated rings. The summed E-state index contributed by atoms with van der Waals surface area (Å²) < 4.78 is 11.2. The zero-order valence-electron chi connectivity index (χ0n) is 13.8. The molecule has 0 aliphatic carbocycles. The molecule has 0 aromatic heterocycles. The van der Waals surface area contributed by atoms with E-state index in [1.165, 1.54) is 4.90 Å². The first-order valence-electron chi connectivity index (χ1n) is 7.60. The van der Waals surface area contributed by atoms with Gasteiger partial charge in [0.25, 0.3) is 11.1 Å².